The van der Waals surface area contributed by atoms with Crippen LogP contribution in [0.3, 0.4) is 0 Å². The Morgan fingerprint density at radius 3 is 2.35 bits per heavy atom. The number of nitrogens with zero attached hydrogens (tertiary/aromatic N) is 2. The van der Waals surface area contributed by atoms with Crippen LogP contribution in [0.4, 0.5) is 0 Å². The number of carboxylic acids is 1. The second kappa shape index (κ2) is 6.29. The number of aromatic nitrogens is 2. The van der Waals surface area contributed by atoms with Crippen molar-refractivity contribution in [1.82, 2.24) is 9.97 Å². The van der Waals surface area contributed by atoms with Crippen LogP contribution in [0.1, 0.15) is 6.92 Å². The Bertz CT molecular complexity index is 378. The van der Waals surface area contributed by atoms with Gasteiger partial charge in [0.2, 0.25) is 11.8 Å². The average molecular weight is 258 g/mol. The van der Waals surface area contributed by atoms with Gasteiger partial charge in [0.15, 0.2) is 5.16 Å². The summed E-state index contributed by atoms with van der Waals surface area (Å²) in [5.74, 6) is -0.121. The molecule has 0 saturated carbocycles. The van der Waals surface area contributed by atoms with E-state index in [4.69, 9.17) is 14.6 Å². The molecule has 0 spiro atoms. The topological polar surface area (TPSA) is 81.5 Å². The van der Waals surface area contributed by atoms with Gasteiger partial charge in [-0.1, -0.05) is 18.7 Å². The molecule has 1 N–H and O–H groups in total. The van der Waals surface area contributed by atoms with Gasteiger partial charge >= 0.3 is 5.97 Å². The number of carbonyl (C=O) groups is 1. The molecule has 1 atom stereocenters. The lowest BCUT2D eigenvalue weighted by Crippen LogP contribution is -2.12. The number of hydrogen-bond acceptors (Lipinski definition) is 6. The fourth-order valence-corrected chi connectivity index (χ4v) is 1.78. The minimum atomic E-state index is -0.840. The third-order valence-electron chi connectivity index (χ3n) is 1.96. The van der Waals surface area contributed by atoms with Gasteiger partial charge in [-0.3, -0.25) is 4.79 Å². The zero-order valence-corrected chi connectivity index (χ0v) is 10.7. The molecular formula is C10H14N2O4S. The number of methoxy groups -OCH3 is 2. The van der Waals surface area contributed by atoms with Crippen molar-refractivity contribution in [1.29, 1.82) is 0 Å². The Balaban J connectivity index is 2.73. The number of thioether (sulfide) groups is 1. The third-order valence-corrected chi connectivity index (χ3v) is 3.07. The van der Waals surface area contributed by atoms with Gasteiger partial charge in [-0.2, -0.15) is 9.97 Å². The number of ether oxygens (including phenoxy) is 2. The summed E-state index contributed by atoms with van der Waals surface area (Å²) < 4.78 is 9.98. The van der Waals surface area contributed by atoms with Crippen molar-refractivity contribution in [3.8, 4) is 11.8 Å². The number of hydrogen-bond donors (Lipinski definition) is 1. The quantitative estimate of drug-likeness (QED) is 0.608. The van der Waals surface area contributed by atoms with Crippen molar-refractivity contribution in [2.45, 2.75) is 12.1 Å². The molecule has 0 aliphatic heterocycles. The Morgan fingerprint density at radius 2 is 1.94 bits per heavy atom. The predicted octanol–water partition coefficient (Wildman–Crippen LogP) is 1.31. The number of carboxylic acid groups (broad SMARTS) is 1. The Morgan fingerprint density at radius 1 is 1.41 bits per heavy atom. The first-order valence-corrected chi connectivity index (χ1v) is 5.88. The van der Waals surface area contributed by atoms with E-state index in [0.717, 1.165) is 0 Å². The molecule has 0 amide bonds. The molecule has 0 bridgehead atoms. The van der Waals surface area contributed by atoms with E-state index in [1.54, 1.807) is 13.0 Å². The molecule has 1 unspecified atom stereocenters. The molecule has 0 radical (unpaired) electrons. The second-order valence-corrected chi connectivity index (χ2v) is 4.27. The molecule has 1 heterocycles. The zero-order valence-electron chi connectivity index (χ0n) is 9.84. The fraction of sp³-hybridized carbons (Fsp3) is 0.500. The maximum Gasteiger partial charge on any atom is 0.307 e. The molecule has 7 heteroatoms. The Kier molecular flexibility index (Phi) is 5.02. The van der Waals surface area contributed by atoms with Crippen LogP contribution in [0.15, 0.2) is 11.2 Å². The lowest BCUT2D eigenvalue weighted by molar-refractivity contribution is -0.140. The van der Waals surface area contributed by atoms with Crippen LogP contribution in [0, 0.1) is 5.92 Å². The van der Waals surface area contributed by atoms with Gasteiger partial charge in [-0.15, -0.1) is 0 Å². The molecule has 0 fully saturated rings. The summed E-state index contributed by atoms with van der Waals surface area (Å²) in [5.41, 5.74) is 0. The number of rotatable bonds is 6. The highest BCUT2D eigenvalue weighted by molar-refractivity contribution is 7.99. The highest BCUT2D eigenvalue weighted by Crippen LogP contribution is 2.23. The van der Waals surface area contributed by atoms with Crippen LogP contribution in [-0.2, 0) is 4.79 Å². The first-order valence-electron chi connectivity index (χ1n) is 4.89. The minimum Gasteiger partial charge on any atom is -0.481 e. The molecule has 6 nitrogen and oxygen atoms in total. The van der Waals surface area contributed by atoms with Crippen molar-refractivity contribution in [3.63, 3.8) is 0 Å². The first-order chi connectivity index (χ1) is 8.06. The summed E-state index contributed by atoms with van der Waals surface area (Å²) in [6, 6.07) is 1.56. The largest absolute Gasteiger partial charge is 0.481 e. The van der Waals surface area contributed by atoms with Crippen molar-refractivity contribution in [2.75, 3.05) is 20.0 Å². The second-order valence-electron chi connectivity index (χ2n) is 3.29. The molecule has 1 rings (SSSR count). The highest BCUT2D eigenvalue weighted by atomic mass is 32.2. The van der Waals surface area contributed by atoms with E-state index in [1.165, 1.54) is 26.0 Å². The third kappa shape index (κ3) is 4.10. The van der Waals surface area contributed by atoms with Gasteiger partial charge in [0.1, 0.15) is 0 Å². The van der Waals surface area contributed by atoms with E-state index in [2.05, 4.69) is 9.97 Å². The van der Waals surface area contributed by atoms with Crippen LogP contribution in [0.5, 0.6) is 11.8 Å². The maximum atomic E-state index is 10.7. The average Bonchev–Trinajstić information content (AvgIpc) is 2.35. The van der Waals surface area contributed by atoms with Gasteiger partial charge in [0.25, 0.3) is 0 Å². The van der Waals surface area contributed by atoms with Gasteiger partial charge in [0.05, 0.1) is 26.2 Å². The van der Waals surface area contributed by atoms with E-state index < -0.39 is 11.9 Å². The predicted molar refractivity (Wildman–Crippen MR) is 62.7 cm³/mol. The molecule has 17 heavy (non-hydrogen) atoms. The lowest BCUT2D eigenvalue weighted by atomic mass is 10.2. The van der Waals surface area contributed by atoms with Crippen molar-refractivity contribution in [2.24, 2.45) is 5.92 Å². The van der Waals surface area contributed by atoms with Gasteiger partial charge in [-0.25, -0.2) is 0 Å². The molecular weight excluding hydrogens is 244 g/mol. The van der Waals surface area contributed by atoms with Gasteiger partial charge in [-0.05, 0) is 0 Å². The van der Waals surface area contributed by atoms with E-state index in [1.807, 2.05) is 0 Å². The molecule has 1 aromatic heterocycles. The molecule has 0 aliphatic carbocycles. The highest BCUT2D eigenvalue weighted by Gasteiger charge is 2.13. The van der Waals surface area contributed by atoms with E-state index >= 15 is 0 Å². The molecule has 0 aliphatic rings. The first kappa shape index (κ1) is 13.6. The standard InChI is InChI=1S/C10H14N2O4S/c1-6(9(13)14)5-17-10-11-7(15-2)4-8(12-10)16-3/h4,6H,5H2,1-3H3,(H,13,14). The van der Waals surface area contributed by atoms with E-state index in [-0.39, 0.29) is 0 Å². The zero-order chi connectivity index (χ0) is 12.8. The van der Waals surface area contributed by atoms with Crippen LogP contribution < -0.4 is 9.47 Å². The van der Waals surface area contributed by atoms with Crippen LogP contribution in [-0.4, -0.2) is 41.0 Å². The van der Waals surface area contributed by atoms with E-state index in [9.17, 15) is 4.79 Å². The van der Waals surface area contributed by atoms with Gasteiger partial charge in [0, 0.05) is 5.75 Å². The fourth-order valence-electron chi connectivity index (χ4n) is 0.928. The summed E-state index contributed by atoms with van der Waals surface area (Å²) in [4.78, 5) is 18.8. The SMILES string of the molecule is COc1cc(OC)nc(SCC(C)C(=O)O)n1. The van der Waals surface area contributed by atoms with Gasteiger partial charge < -0.3 is 14.6 Å². The monoisotopic (exact) mass is 258 g/mol. The maximum absolute atomic E-state index is 10.7. The normalized spacial score (nSPS) is 11.9. The Labute approximate surface area is 103 Å². The van der Waals surface area contributed by atoms with Crippen LogP contribution in [0.2, 0.25) is 0 Å². The van der Waals surface area contributed by atoms with Crippen molar-refractivity contribution < 1.29 is 19.4 Å². The smallest absolute Gasteiger partial charge is 0.307 e. The summed E-state index contributed by atoms with van der Waals surface area (Å²) in [6.45, 7) is 1.63. The molecule has 94 valence electrons. The molecule has 1 aromatic rings. The van der Waals surface area contributed by atoms with Crippen LogP contribution in [0.25, 0.3) is 0 Å². The number of aliphatic carboxylic acids is 1. The van der Waals surface area contributed by atoms with Crippen molar-refractivity contribution >= 4 is 17.7 Å². The van der Waals surface area contributed by atoms with Crippen molar-refractivity contribution in [3.05, 3.63) is 6.07 Å². The summed E-state index contributed by atoms with van der Waals surface area (Å²) in [6.07, 6.45) is 0. The van der Waals surface area contributed by atoms with E-state index in [0.29, 0.717) is 22.7 Å². The lowest BCUT2D eigenvalue weighted by Gasteiger charge is -2.07. The molecule has 0 saturated heterocycles. The summed E-state index contributed by atoms with van der Waals surface area (Å²) in [5, 5.41) is 9.20. The minimum absolute atomic E-state index is 0.391. The summed E-state index contributed by atoms with van der Waals surface area (Å²) in [7, 11) is 2.99. The Hall–Kier alpha value is -1.50. The van der Waals surface area contributed by atoms with Crippen LogP contribution >= 0.6 is 11.8 Å². The summed E-state index contributed by atoms with van der Waals surface area (Å²) >= 11 is 1.25. The molecule has 0 aromatic carbocycles.